The largest absolute Gasteiger partial charge is 0.354 e. The lowest BCUT2D eigenvalue weighted by atomic mass is 10.0. The summed E-state index contributed by atoms with van der Waals surface area (Å²) in [6.45, 7) is 2.78. The number of carbonyl (C=O) groups excluding carboxylic acids is 2. The van der Waals surface area contributed by atoms with E-state index in [1.165, 1.54) is 4.31 Å². The van der Waals surface area contributed by atoms with Crippen molar-refractivity contribution < 1.29 is 18.0 Å². The molecule has 0 aromatic heterocycles. The third-order valence-corrected chi connectivity index (χ3v) is 10.3. The minimum absolute atomic E-state index is 0.0388. The van der Waals surface area contributed by atoms with Crippen molar-refractivity contribution in [2.24, 2.45) is 0 Å². The van der Waals surface area contributed by atoms with E-state index in [0.717, 1.165) is 23.8 Å². The van der Waals surface area contributed by atoms with Gasteiger partial charge in [0.2, 0.25) is 11.8 Å². The SMILES string of the molecule is CCCCNC(=O)C(Cc1ccccc1)N(Cc1ccc(Cl)cc1Cl)C(=O)CCCN1c2cccc3cccc(c23)S1(=O)=O. The molecule has 1 atom stereocenters. The number of sulfonamides is 1. The second-order valence-corrected chi connectivity index (χ2v) is 13.6. The number of unbranched alkanes of at least 4 members (excludes halogenated alkanes) is 1. The van der Waals surface area contributed by atoms with Crippen LogP contribution in [-0.4, -0.2) is 44.3 Å². The van der Waals surface area contributed by atoms with Gasteiger partial charge in [-0.05, 0) is 53.6 Å². The van der Waals surface area contributed by atoms with Gasteiger partial charge in [0.1, 0.15) is 6.04 Å². The topological polar surface area (TPSA) is 86.8 Å². The molecule has 1 N–H and O–H groups in total. The van der Waals surface area contributed by atoms with Crippen molar-refractivity contribution in [3.05, 3.63) is 106 Å². The van der Waals surface area contributed by atoms with E-state index >= 15 is 0 Å². The quantitative estimate of drug-likeness (QED) is 0.158. The van der Waals surface area contributed by atoms with Crippen molar-refractivity contribution in [3.8, 4) is 0 Å². The summed E-state index contributed by atoms with van der Waals surface area (Å²) in [6.07, 6.45) is 2.36. The predicted octanol–water partition coefficient (Wildman–Crippen LogP) is 6.99. The Morgan fingerprint density at radius 1 is 0.932 bits per heavy atom. The van der Waals surface area contributed by atoms with E-state index in [2.05, 4.69) is 5.32 Å². The molecule has 5 rings (SSSR count). The first-order valence-electron chi connectivity index (χ1n) is 14.8. The number of benzene rings is 4. The Bertz CT molecular complexity index is 1760. The Labute approximate surface area is 268 Å². The van der Waals surface area contributed by atoms with Crippen molar-refractivity contribution >= 4 is 61.5 Å². The monoisotopic (exact) mass is 651 g/mol. The Morgan fingerprint density at radius 3 is 2.41 bits per heavy atom. The highest BCUT2D eigenvalue weighted by atomic mass is 35.5. The van der Waals surface area contributed by atoms with Gasteiger partial charge in [-0.3, -0.25) is 13.9 Å². The van der Waals surface area contributed by atoms with Crippen LogP contribution in [-0.2, 0) is 32.6 Å². The molecule has 4 aromatic carbocycles. The van der Waals surface area contributed by atoms with E-state index < -0.39 is 16.1 Å². The molecule has 0 bridgehead atoms. The highest BCUT2D eigenvalue weighted by molar-refractivity contribution is 7.93. The molecule has 1 aliphatic rings. The molecule has 10 heteroatoms. The average Bonchev–Trinajstić information content (AvgIpc) is 3.23. The molecule has 0 fully saturated rings. The fourth-order valence-electron chi connectivity index (χ4n) is 5.61. The molecule has 230 valence electrons. The highest BCUT2D eigenvalue weighted by Crippen LogP contribution is 2.42. The first kappa shape index (κ1) is 31.8. The number of anilines is 1. The number of nitrogens with one attached hydrogen (secondary N) is 1. The third-order valence-electron chi connectivity index (χ3n) is 7.89. The summed E-state index contributed by atoms with van der Waals surface area (Å²) in [5.41, 5.74) is 2.19. The van der Waals surface area contributed by atoms with Crippen LogP contribution in [0.3, 0.4) is 0 Å². The molecule has 0 aliphatic carbocycles. The standard InChI is InChI=1S/C34H35Cl2N3O4S/c1-2-3-19-37-34(41)30(21-24-10-5-4-6-11-24)38(23-26-17-18-27(35)22-28(26)36)32(40)16-9-20-39-29-14-7-12-25-13-8-15-31(33(25)29)44(39,42)43/h4-8,10-15,17-18,22,30H,2-3,9,16,19-21,23H2,1H3,(H,37,41). The maximum atomic E-state index is 14.0. The minimum Gasteiger partial charge on any atom is -0.354 e. The molecule has 44 heavy (non-hydrogen) atoms. The first-order valence-corrected chi connectivity index (χ1v) is 17.0. The van der Waals surface area contributed by atoms with Crippen molar-refractivity contribution in [3.63, 3.8) is 0 Å². The van der Waals surface area contributed by atoms with E-state index in [-0.39, 0.29) is 42.6 Å². The molecule has 0 saturated heterocycles. The summed E-state index contributed by atoms with van der Waals surface area (Å²) in [5, 5.41) is 5.43. The fourth-order valence-corrected chi connectivity index (χ4v) is 7.83. The molecular formula is C34H35Cl2N3O4S. The Balaban J connectivity index is 1.40. The molecule has 1 heterocycles. The number of rotatable bonds is 13. The zero-order chi connectivity index (χ0) is 31.3. The van der Waals surface area contributed by atoms with Crippen molar-refractivity contribution in [1.82, 2.24) is 10.2 Å². The van der Waals surface area contributed by atoms with Gasteiger partial charge in [0, 0.05) is 47.9 Å². The zero-order valence-electron chi connectivity index (χ0n) is 24.5. The minimum atomic E-state index is -3.74. The number of carbonyl (C=O) groups is 2. The fraction of sp³-hybridized carbons (Fsp3) is 0.294. The molecule has 0 spiro atoms. The van der Waals surface area contributed by atoms with Crippen molar-refractivity contribution in [2.75, 3.05) is 17.4 Å². The van der Waals surface area contributed by atoms with Crippen molar-refractivity contribution in [2.45, 2.75) is 56.5 Å². The van der Waals surface area contributed by atoms with Crippen LogP contribution in [0.5, 0.6) is 0 Å². The van der Waals surface area contributed by atoms with Crippen molar-refractivity contribution in [1.29, 1.82) is 0 Å². The molecular weight excluding hydrogens is 617 g/mol. The third kappa shape index (κ3) is 6.88. The van der Waals surface area contributed by atoms with Gasteiger partial charge >= 0.3 is 0 Å². The normalized spacial score (nSPS) is 14.0. The van der Waals surface area contributed by atoms with Gasteiger partial charge in [-0.15, -0.1) is 0 Å². The molecule has 7 nitrogen and oxygen atoms in total. The number of halogens is 2. The van der Waals surface area contributed by atoms with Crippen LogP contribution in [0.15, 0.2) is 89.8 Å². The highest BCUT2D eigenvalue weighted by Gasteiger charge is 2.36. The summed E-state index contributed by atoms with van der Waals surface area (Å²) >= 11 is 12.7. The van der Waals surface area contributed by atoms with E-state index in [0.29, 0.717) is 39.6 Å². The molecule has 0 saturated carbocycles. The van der Waals surface area contributed by atoms with Gasteiger partial charge in [-0.1, -0.05) is 97.2 Å². The van der Waals surface area contributed by atoms with Crippen LogP contribution in [0.25, 0.3) is 10.8 Å². The summed E-state index contributed by atoms with van der Waals surface area (Å²) in [5.74, 6) is -0.514. The number of hydrogen-bond acceptors (Lipinski definition) is 4. The van der Waals surface area contributed by atoms with Gasteiger partial charge < -0.3 is 10.2 Å². The summed E-state index contributed by atoms with van der Waals surface area (Å²) in [4.78, 5) is 29.5. The molecule has 2 amide bonds. The van der Waals surface area contributed by atoms with Crippen LogP contribution < -0.4 is 9.62 Å². The molecule has 1 unspecified atom stereocenters. The lowest BCUT2D eigenvalue weighted by Gasteiger charge is -2.32. The summed E-state index contributed by atoms with van der Waals surface area (Å²) in [6, 6.07) is 24.6. The van der Waals surface area contributed by atoms with Gasteiger partial charge in [-0.25, -0.2) is 8.42 Å². The van der Waals surface area contributed by atoms with Gasteiger partial charge in [-0.2, -0.15) is 0 Å². The molecule has 4 aromatic rings. The average molecular weight is 653 g/mol. The van der Waals surface area contributed by atoms with E-state index in [1.54, 1.807) is 41.3 Å². The van der Waals surface area contributed by atoms with Gasteiger partial charge in [0.25, 0.3) is 10.0 Å². The van der Waals surface area contributed by atoms with E-state index in [1.807, 2.05) is 55.5 Å². The van der Waals surface area contributed by atoms with Gasteiger partial charge in [0.05, 0.1) is 10.6 Å². The summed E-state index contributed by atoms with van der Waals surface area (Å²) in [7, 11) is -3.74. The number of hydrogen-bond donors (Lipinski definition) is 1. The Hall–Kier alpha value is -3.59. The summed E-state index contributed by atoms with van der Waals surface area (Å²) < 4.78 is 28.3. The van der Waals surface area contributed by atoms with Crippen LogP contribution in [0.1, 0.15) is 43.7 Å². The lowest BCUT2D eigenvalue weighted by Crippen LogP contribution is -2.50. The second-order valence-electron chi connectivity index (χ2n) is 10.9. The van der Waals surface area contributed by atoms with E-state index in [9.17, 15) is 18.0 Å². The predicted molar refractivity (Wildman–Crippen MR) is 177 cm³/mol. The lowest BCUT2D eigenvalue weighted by molar-refractivity contribution is -0.141. The van der Waals surface area contributed by atoms with Crippen LogP contribution in [0.4, 0.5) is 5.69 Å². The van der Waals surface area contributed by atoms with E-state index in [4.69, 9.17) is 23.2 Å². The Morgan fingerprint density at radius 2 is 1.68 bits per heavy atom. The van der Waals surface area contributed by atoms with Crippen LogP contribution in [0, 0.1) is 0 Å². The van der Waals surface area contributed by atoms with Gasteiger partial charge in [0.15, 0.2) is 0 Å². The van der Waals surface area contributed by atoms with Crippen LogP contribution in [0.2, 0.25) is 10.0 Å². The second kappa shape index (κ2) is 14.0. The number of amides is 2. The maximum absolute atomic E-state index is 14.0. The Kier molecular flexibility index (Phi) is 10.1. The molecule has 0 radical (unpaired) electrons. The maximum Gasteiger partial charge on any atom is 0.265 e. The zero-order valence-corrected chi connectivity index (χ0v) is 26.8. The van der Waals surface area contributed by atoms with Crippen LogP contribution >= 0.6 is 23.2 Å². The number of nitrogens with zero attached hydrogens (tertiary/aromatic N) is 2. The smallest absolute Gasteiger partial charge is 0.265 e. The first-order chi connectivity index (χ1) is 21.2. The molecule has 1 aliphatic heterocycles.